The van der Waals surface area contributed by atoms with E-state index in [1.807, 2.05) is 36.4 Å². The summed E-state index contributed by atoms with van der Waals surface area (Å²) in [6.45, 7) is 0. The molecule has 0 saturated carbocycles. The van der Waals surface area contributed by atoms with Crippen LogP contribution >= 0.6 is 46.3 Å². The predicted octanol–water partition coefficient (Wildman–Crippen LogP) is 5.12. The van der Waals surface area contributed by atoms with Gasteiger partial charge in [-0.25, -0.2) is 9.97 Å². The fourth-order valence-corrected chi connectivity index (χ4v) is 3.20. The lowest BCUT2D eigenvalue weighted by Crippen LogP contribution is -1.88. The molecule has 0 bridgehead atoms. The van der Waals surface area contributed by atoms with Crippen LogP contribution in [0.5, 0.6) is 5.75 Å². The molecule has 3 aromatic heterocycles. The first-order valence-corrected chi connectivity index (χ1v) is 9.50. The molecular weight excluding hydrogens is 413 g/mol. The zero-order valence-corrected chi connectivity index (χ0v) is 16.5. The van der Waals surface area contributed by atoms with Gasteiger partial charge in [-0.15, -0.1) is 0 Å². The van der Waals surface area contributed by atoms with Gasteiger partial charge in [0.25, 0.3) is 0 Å². The second-order valence-corrected chi connectivity index (χ2v) is 7.35. The number of rotatable bonds is 3. The van der Waals surface area contributed by atoms with E-state index in [0.717, 1.165) is 16.9 Å². The van der Waals surface area contributed by atoms with Crippen LogP contribution < -0.4 is 4.74 Å². The van der Waals surface area contributed by atoms with E-state index in [9.17, 15) is 0 Å². The van der Waals surface area contributed by atoms with Crippen LogP contribution in [0, 0.1) is 0 Å². The van der Waals surface area contributed by atoms with E-state index in [4.69, 9.17) is 27.9 Å². The molecule has 3 heterocycles. The largest absolute Gasteiger partial charge is 0.496 e. The van der Waals surface area contributed by atoms with Crippen LogP contribution in [0.15, 0.2) is 48.8 Å². The molecule has 0 amide bonds. The minimum atomic E-state index is 0.436. The second kappa shape index (κ2) is 9.00. The van der Waals surface area contributed by atoms with Crippen molar-refractivity contribution >= 4 is 46.3 Å². The lowest BCUT2D eigenvalue weighted by Gasteiger charge is -2.03. The van der Waals surface area contributed by atoms with Gasteiger partial charge in [0.1, 0.15) is 5.75 Å². The molecule has 132 valence electrons. The highest BCUT2D eigenvalue weighted by Crippen LogP contribution is 2.29. The van der Waals surface area contributed by atoms with Gasteiger partial charge in [-0.05, 0) is 70.5 Å². The Kier molecular flexibility index (Phi) is 6.45. The number of methoxy groups -OCH3 is 1. The van der Waals surface area contributed by atoms with Gasteiger partial charge in [-0.3, -0.25) is 4.98 Å². The number of hydrogen-bond acceptors (Lipinski definition) is 8. The van der Waals surface area contributed by atoms with E-state index >= 15 is 0 Å². The topological polar surface area (TPSA) is 73.7 Å². The summed E-state index contributed by atoms with van der Waals surface area (Å²) >= 11 is 13.7. The molecule has 10 heteroatoms. The minimum Gasteiger partial charge on any atom is -0.496 e. The number of ether oxygens (including phenoxy) is 1. The third-order valence-electron chi connectivity index (χ3n) is 3.09. The van der Waals surface area contributed by atoms with Crippen molar-refractivity contribution in [3.63, 3.8) is 0 Å². The number of benzene rings is 1. The molecule has 1 aromatic carbocycles. The maximum Gasteiger partial charge on any atom is 0.203 e. The molecule has 0 saturated heterocycles. The van der Waals surface area contributed by atoms with E-state index in [2.05, 4.69) is 23.7 Å². The van der Waals surface area contributed by atoms with Gasteiger partial charge in [0, 0.05) is 18.0 Å². The maximum atomic E-state index is 5.71. The lowest BCUT2D eigenvalue weighted by atomic mass is 10.2. The Labute approximate surface area is 167 Å². The van der Waals surface area contributed by atoms with Gasteiger partial charge in [0.2, 0.25) is 8.93 Å². The van der Waals surface area contributed by atoms with Crippen molar-refractivity contribution in [2.45, 2.75) is 0 Å². The predicted molar refractivity (Wildman–Crippen MR) is 105 cm³/mol. The molecule has 0 spiro atoms. The van der Waals surface area contributed by atoms with Gasteiger partial charge in [-0.2, -0.15) is 8.75 Å². The molecule has 6 nitrogen and oxygen atoms in total. The lowest BCUT2D eigenvalue weighted by molar-refractivity contribution is 0.416. The summed E-state index contributed by atoms with van der Waals surface area (Å²) in [6.07, 6.45) is 3.40. The molecule has 0 atom stereocenters. The zero-order valence-electron chi connectivity index (χ0n) is 13.3. The Morgan fingerprint density at radius 2 is 1.46 bits per heavy atom. The molecule has 0 aliphatic carbocycles. The fraction of sp³-hybridized carbons (Fsp3) is 0.0625. The highest BCUT2D eigenvalue weighted by atomic mass is 35.5. The maximum absolute atomic E-state index is 5.71. The molecule has 0 aliphatic rings. The molecule has 26 heavy (non-hydrogen) atoms. The van der Waals surface area contributed by atoms with Crippen LogP contribution in [0.1, 0.15) is 0 Å². The first kappa shape index (κ1) is 18.7. The van der Waals surface area contributed by atoms with Crippen molar-refractivity contribution in [1.82, 2.24) is 23.7 Å². The zero-order chi connectivity index (χ0) is 18.4. The van der Waals surface area contributed by atoms with Gasteiger partial charge >= 0.3 is 0 Å². The summed E-state index contributed by atoms with van der Waals surface area (Å²) in [6, 6.07) is 11.3. The van der Waals surface area contributed by atoms with E-state index in [0.29, 0.717) is 20.6 Å². The van der Waals surface area contributed by atoms with Gasteiger partial charge < -0.3 is 4.74 Å². The van der Waals surface area contributed by atoms with Crippen molar-refractivity contribution in [2.24, 2.45) is 0 Å². The Balaban J connectivity index is 0.000000152. The van der Waals surface area contributed by atoms with Crippen LogP contribution in [0.4, 0.5) is 0 Å². The first-order valence-electron chi connectivity index (χ1n) is 7.19. The Morgan fingerprint density at radius 3 is 2.04 bits per heavy atom. The summed E-state index contributed by atoms with van der Waals surface area (Å²) in [5, 5.41) is 0. The third kappa shape index (κ3) is 4.73. The Hall–Kier alpha value is -2.13. The van der Waals surface area contributed by atoms with Crippen molar-refractivity contribution in [3.8, 4) is 28.5 Å². The highest BCUT2D eigenvalue weighted by molar-refractivity contribution is 7.10. The Morgan fingerprint density at radius 1 is 0.846 bits per heavy atom. The summed E-state index contributed by atoms with van der Waals surface area (Å²) in [7, 11) is 1.62. The minimum absolute atomic E-state index is 0.436. The third-order valence-corrected chi connectivity index (χ3v) is 4.68. The standard InChI is InChI=1S/C9H7ClN2OS.C7H4ClN3S/c1-13-7-5-3-2-4-6(7)8-11-9(10)14-12-8;8-7-10-6(11-12-7)5-1-3-9-4-2-5/h2-5H,1H3;1-4H. The molecule has 0 unspecified atom stereocenters. The van der Waals surface area contributed by atoms with Crippen LogP contribution in [0.25, 0.3) is 22.8 Å². The van der Waals surface area contributed by atoms with Crippen LogP contribution in [-0.4, -0.2) is 30.8 Å². The van der Waals surface area contributed by atoms with E-state index in [-0.39, 0.29) is 0 Å². The highest BCUT2D eigenvalue weighted by Gasteiger charge is 2.09. The van der Waals surface area contributed by atoms with E-state index in [1.54, 1.807) is 19.5 Å². The molecule has 4 rings (SSSR count). The van der Waals surface area contributed by atoms with Crippen LogP contribution in [0.2, 0.25) is 8.93 Å². The average Bonchev–Trinajstić information content (AvgIpc) is 3.31. The fourth-order valence-electron chi connectivity index (χ4n) is 1.97. The summed E-state index contributed by atoms with van der Waals surface area (Å²) < 4.78 is 14.3. The second-order valence-electron chi connectivity index (χ2n) is 4.68. The quantitative estimate of drug-likeness (QED) is 0.455. The van der Waals surface area contributed by atoms with Crippen LogP contribution in [-0.2, 0) is 0 Å². The molecule has 0 aliphatic heterocycles. The molecule has 0 N–H and O–H groups in total. The SMILES string of the molecule is COc1ccccc1-c1nsc(Cl)n1.Clc1nc(-c2ccncc2)ns1. The van der Waals surface area contributed by atoms with E-state index in [1.165, 1.54) is 23.1 Å². The normalized spacial score (nSPS) is 10.1. The van der Waals surface area contributed by atoms with Crippen molar-refractivity contribution in [3.05, 3.63) is 57.7 Å². The van der Waals surface area contributed by atoms with Gasteiger partial charge in [0.05, 0.1) is 12.7 Å². The van der Waals surface area contributed by atoms with Crippen molar-refractivity contribution in [1.29, 1.82) is 0 Å². The van der Waals surface area contributed by atoms with E-state index < -0.39 is 0 Å². The average molecular weight is 424 g/mol. The van der Waals surface area contributed by atoms with Gasteiger partial charge in [0.15, 0.2) is 11.6 Å². The molecule has 0 fully saturated rings. The number of para-hydroxylation sites is 1. The molecule has 4 aromatic rings. The first-order chi connectivity index (χ1) is 12.7. The molecular formula is C16H11Cl2N5OS2. The monoisotopic (exact) mass is 423 g/mol. The summed E-state index contributed by atoms with van der Waals surface area (Å²) in [5.74, 6) is 2.02. The van der Waals surface area contributed by atoms with Crippen molar-refractivity contribution in [2.75, 3.05) is 7.11 Å². The smallest absolute Gasteiger partial charge is 0.203 e. The molecule has 0 radical (unpaired) electrons. The number of hydrogen-bond donors (Lipinski definition) is 0. The van der Waals surface area contributed by atoms with Gasteiger partial charge in [-0.1, -0.05) is 12.1 Å². The Bertz CT molecular complexity index is 977. The van der Waals surface area contributed by atoms with Crippen molar-refractivity contribution < 1.29 is 4.74 Å². The summed E-state index contributed by atoms with van der Waals surface area (Å²) in [4.78, 5) is 12.0. The number of halogens is 2. The number of aromatic nitrogens is 5. The van der Waals surface area contributed by atoms with Crippen LogP contribution in [0.3, 0.4) is 0 Å². The number of pyridine rings is 1. The summed E-state index contributed by atoms with van der Waals surface area (Å²) in [5.41, 5.74) is 1.80. The number of nitrogens with zero attached hydrogens (tertiary/aromatic N) is 5.